The van der Waals surface area contributed by atoms with Crippen LogP contribution in [0, 0.1) is 13.8 Å². The molecule has 0 spiro atoms. The first kappa shape index (κ1) is 18.6. The van der Waals surface area contributed by atoms with Gasteiger partial charge in [-0.1, -0.05) is 6.07 Å². The summed E-state index contributed by atoms with van der Waals surface area (Å²) in [6, 6.07) is 7.97. The van der Waals surface area contributed by atoms with E-state index in [-0.39, 0.29) is 6.04 Å². The van der Waals surface area contributed by atoms with Crippen LogP contribution in [-0.4, -0.2) is 44.6 Å². The highest BCUT2D eigenvalue weighted by molar-refractivity contribution is 5.79. The van der Waals surface area contributed by atoms with E-state index in [2.05, 4.69) is 30.2 Å². The zero-order chi connectivity index (χ0) is 20.1. The zero-order valence-corrected chi connectivity index (χ0v) is 16.8. The number of pyridine rings is 1. The highest BCUT2D eigenvalue weighted by Crippen LogP contribution is 2.37. The number of fused-ring (bicyclic) bond motifs is 2. The van der Waals surface area contributed by atoms with E-state index in [4.69, 9.17) is 4.74 Å². The fourth-order valence-corrected chi connectivity index (χ4v) is 4.80. The molecule has 1 aliphatic heterocycles. The second-order valence-corrected chi connectivity index (χ2v) is 8.36. The van der Waals surface area contributed by atoms with Crippen molar-refractivity contribution in [2.24, 2.45) is 0 Å². The van der Waals surface area contributed by atoms with Gasteiger partial charge in [0.25, 0.3) is 0 Å². The van der Waals surface area contributed by atoms with Gasteiger partial charge in [0.2, 0.25) is 0 Å². The van der Waals surface area contributed by atoms with Gasteiger partial charge in [-0.15, -0.1) is 0 Å². The Kier molecular flexibility index (Phi) is 4.57. The number of aliphatic hydroxyl groups is 2. The van der Waals surface area contributed by atoms with Gasteiger partial charge in [-0.25, -0.2) is 4.98 Å². The van der Waals surface area contributed by atoms with E-state index in [1.165, 1.54) is 5.56 Å². The number of nitrogens with one attached hydrogen (secondary N) is 1. The summed E-state index contributed by atoms with van der Waals surface area (Å²) in [5.41, 5.74) is 5.60. The molecule has 5 rings (SSSR count). The van der Waals surface area contributed by atoms with Gasteiger partial charge in [0.1, 0.15) is 29.7 Å². The molecule has 1 aromatic carbocycles. The SMILES string of the molecule is Cc1cc2c(c(OC3CC(n4ccc5c(C)ccnc54)C(O)C3O)c1)CNCC2. The Morgan fingerprint density at radius 3 is 2.90 bits per heavy atom. The lowest BCUT2D eigenvalue weighted by molar-refractivity contribution is -0.0166. The molecule has 0 saturated heterocycles. The number of aromatic nitrogens is 2. The normalized spacial score (nSPS) is 26.6. The summed E-state index contributed by atoms with van der Waals surface area (Å²) in [6.45, 7) is 5.86. The second-order valence-electron chi connectivity index (χ2n) is 8.36. The van der Waals surface area contributed by atoms with Crippen LogP contribution in [0.2, 0.25) is 0 Å². The summed E-state index contributed by atoms with van der Waals surface area (Å²) in [6.07, 6.45) is 2.92. The van der Waals surface area contributed by atoms with Crippen molar-refractivity contribution < 1.29 is 14.9 Å². The van der Waals surface area contributed by atoms with Crippen molar-refractivity contribution >= 4 is 11.0 Å². The van der Waals surface area contributed by atoms with Crippen LogP contribution in [0.15, 0.2) is 36.7 Å². The first-order chi connectivity index (χ1) is 14.0. The van der Waals surface area contributed by atoms with Crippen LogP contribution in [0.4, 0.5) is 0 Å². The molecular formula is C23H27N3O3. The fourth-order valence-electron chi connectivity index (χ4n) is 4.80. The van der Waals surface area contributed by atoms with Gasteiger partial charge in [0.05, 0.1) is 6.04 Å². The molecule has 2 aliphatic rings. The molecule has 4 atom stereocenters. The maximum atomic E-state index is 10.8. The number of hydrogen-bond donors (Lipinski definition) is 3. The maximum absolute atomic E-state index is 10.8. The molecule has 6 heteroatoms. The lowest BCUT2D eigenvalue weighted by Gasteiger charge is -2.25. The molecule has 0 bridgehead atoms. The van der Waals surface area contributed by atoms with Crippen LogP contribution in [0.5, 0.6) is 5.75 Å². The molecule has 1 saturated carbocycles. The molecule has 29 heavy (non-hydrogen) atoms. The van der Waals surface area contributed by atoms with Crippen LogP contribution in [0.1, 0.15) is 34.7 Å². The molecule has 152 valence electrons. The fraction of sp³-hybridized carbons (Fsp3) is 0.435. The van der Waals surface area contributed by atoms with E-state index in [1.54, 1.807) is 6.20 Å². The lowest BCUT2D eigenvalue weighted by Crippen LogP contribution is -2.34. The summed E-state index contributed by atoms with van der Waals surface area (Å²) in [7, 11) is 0. The Labute approximate surface area is 170 Å². The number of benzene rings is 1. The van der Waals surface area contributed by atoms with E-state index in [1.807, 2.05) is 29.0 Å². The van der Waals surface area contributed by atoms with Crippen molar-refractivity contribution in [3.8, 4) is 5.75 Å². The molecule has 4 unspecified atom stereocenters. The highest BCUT2D eigenvalue weighted by Gasteiger charge is 2.44. The summed E-state index contributed by atoms with van der Waals surface area (Å²) >= 11 is 0. The van der Waals surface area contributed by atoms with Crippen molar-refractivity contribution in [1.82, 2.24) is 14.9 Å². The van der Waals surface area contributed by atoms with E-state index >= 15 is 0 Å². The summed E-state index contributed by atoms with van der Waals surface area (Å²) in [5.74, 6) is 0.815. The first-order valence-corrected chi connectivity index (χ1v) is 10.3. The summed E-state index contributed by atoms with van der Waals surface area (Å²) in [5, 5.41) is 26.0. The topological polar surface area (TPSA) is 79.5 Å². The van der Waals surface area contributed by atoms with Crippen molar-refractivity contribution in [1.29, 1.82) is 0 Å². The predicted molar refractivity (Wildman–Crippen MR) is 111 cm³/mol. The van der Waals surface area contributed by atoms with Gasteiger partial charge in [-0.2, -0.15) is 0 Å². The van der Waals surface area contributed by atoms with E-state index in [9.17, 15) is 10.2 Å². The highest BCUT2D eigenvalue weighted by atomic mass is 16.5. The number of nitrogens with zero attached hydrogens (tertiary/aromatic N) is 2. The Hall–Kier alpha value is -2.41. The molecule has 3 heterocycles. The van der Waals surface area contributed by atoms with Gasteiger partial charge >= 0.3 is 0 Å². The third-order valence-corrected chi connectivity index (χ3v) is 6.39. The van der Waals surface area contributed by atoms with Crippen LogP contribution >= 0.6 is 0 Å². The van der Waals surface area contributed by atoms with Crippen LogP contribution < -0.4 is 10.1 Å². The number of rotatable bonds is 3. The number of hydrogen-bond acceptors (Lipinski definition) is 5. The molecule has 0 radical (unpaired) electrons. The van der Waals surface area contributed by atoms with E-state index in [0.29, 0.717) is 6.42 Å². The molecular weight excluding hydrogens is 366 g/mol. The van der Waals surface area contributed by atoms with Crippen LogP contribution in [0.3, 0.4) is 0 Å². The Morgan fingerprint density at radius 1 is 1.17 bits per heavy atom. The Morgan fingerprint density at radius 2 is 2.03 bits per heavy atom. The number of ether oxygens (including phenoxy) is 1. The zero-order valence-electron chi connectivity index (χ0n) is 16.8. The van der Waals surface area contributed by atoms with Gasteiger partial charge in [-0.3, -0.25) is 0 Å². The van der Waals surface area contributed by atoms with Crippen molar-refractivity contribution in [2.45, 2.75) is 57.6 Å². The molecule has 6 nitrogen and oxygen atoms in total. The summed E-state index contributed by atoms with van der Waals surface area (Å²) in [4.78, 5) is 4.51. The van der Waals surface area contributed by atoms with Crippen molar-refractivity contribution in [3.63, 3.8) is 0 Å². The van der Waals surface area contributed by atoms with Gasteiger partial charge in [0, 0.05) is 36.3 Å². The quantitative estimate of drug-likeness (QED) is 0.637. The lowest BCUT2D eigenvalue weighted by atomic mass is 9.97. The second kappa shape index (κ2) is 7.13. The first-order valence-electron chi connectivity index (χ1n) is 10.3. The molecule has 2 aromatic heterocycles. The summed E-state index contributed by atoms with van der Waals surface area (Å²) < 4.78 is 8.30. The van der Waals surface area contributed by atoms with Gasteiger partial charge in [-0.05, 0) is 61.7 Å². The minimum absolute atomic E-state index is 0.277. The predicted octanol–water partition coefficient (Wildman–Crippen LogP) is 2.41. The van der Waals surface area contributed by atoms with E-state index < -0.39 is 18.3 Å². The van der Waals surface area contributed by atoms with Crippen molar-refractivity contribution in [2.75, 3.05) is 6.54 Å². The molecule has 1 fully saturated rings. The monoisotopic (exact) mass is 393 g/mol. The number of aryl methyl sites for hydroxylation is 2. The minimum Gasteiger partial charge on any atom is -0.487 e. The average Bonchev–Trinajstić information content (AvgIpc) is 3.25. The Balaban J connectivity index is 1.45. The molecule has 0 amide bonds. The largest absolute Gasteiger partial charge is 0.487 e. The third kappa shape index (κ3) is 3.12. The van der Waals surface area contributed by atoms with Crippen molar-refractivity contribution in [3.05, 3.63) is 58.9 Å². The minimum atomic E-state index is -0.949. The van der Waals surface area contributed by atoms with Crippen LogP contribution in [0.25, 0.3) is 11.0 Å². The maximum Gasteiger partial charge on any atom is 0.140 e. The molecule has 3 N–H and O–H groups in total. The Bertz CT molecular complexity index is 1060. The van der Waals surface area contributed by atoms with Crippen LogP contribution in [-0.2, 0) is 13.0 Å². The van der Waals surface area contributed by atoms with Gasteiger partial charge in [0.15, 0.2) is 0 Å². The smallest absolute Gasteiger partial charge is 0.140 e. The number of aliphatic hydroxyl groups excluding tert-OH is 2. The third-order valence-electron chi connectivity index (χ3n) is 6.39. The van der Waals surface area contributed by atoms with Gasteiger partial charge < -0.3 is 24.8 Å². The molecule has 1 aliphatic carbocycles. The van der Waals surface area contributed by atoms with E-state index in [0.717, 1.165) is 53.0 Å². The molecule has 3 aromatic rings. The standard InChI is InChI=1S/C23H27N3O3/c1-13-9-15-4-6-24-12-17(15)19(10-13)29-20-11-18(21(27)22(20)28)26-8-5-16-14(2)3-7-25-23(16)26/h3,5,7-10,18,20-22,24,27-28H,4,6,11-12H2,1-2H3. The average molecular weight is 393 g/mol.